The molecule has 3 aliphatic heterocycles. The van der Waals surface area contributed by atoms with Crippen LogP contribution in [0, 0.1) is 0 Å². The number of aliphatic hydroxyl groups excluding tert-OH is 9. The van der Waals surface area contributed by atoms with E-state index in [1.54, 1.807) is 0 Å². The van der Waals surface area contributed by atoms with Crippen LogP contribution in [0.25, 0.3) is 0 Å². The molecule has 0 spiro atoms. The molecule has 0 bridgehead atoms. The maximum absolute atomic E-state index is 11.7. The van der Waals surface area contributed by atoms with Crippen molar-refractivity contribution in [3.05, 3.63) is 0 Å². The Bertz CT molecular complexity index is 852. The topological polar surface area (TPSA) is 286 Å². The van der Waals surface area contributed by atoms with Crippen molar-refractivity contribution in [1.29, 1.82) is 0 Å². The zero-order chi connectivity index (χ0) is 29.9. The van der Waals surface area contributed by atoms with Crippen LogP contribution in [-0.2, 0) is 33.3 Å². The van der Waals surface area contributed by atoms with Gasteiger partial charge in [0.1, 0.15) is 73.1 Å². The van der Waals surface area contributed by atoms with Gasteiger partial charge in [0.15, 0.2) is 18.9 Å². The number of nitrogens with one attached hydrogen (secondary N) is 2. The molecule has 0 saturated carbocycles. The second kappa shape index (κ2) is 14.0. The molecule has 0 aromatic carbocycles. The molecule has 3 fully saturated rings. The molecule has 18 nitrogen and oxygen atoms in total. The minimum atomic E-state index is -1.95. The summed E-state index contributed by atoms with van der Waals surface area (Å²) in [6, 6.07) is -2.80. The van der Waals surface area contributed by atoms with Crippen LogP contribution in [0.5, 0.6) is 0 Å². The highest BCUT2D eigenvalue weighted by Gasteiger charge is 2.54. The lowest BCUT2D eigenvalue weighted by atomic mass is 9.94. The Kier molecular flexibility index (Phi) is 11.5. The van der Waals surface area contributed by atoms with Crippen molar-refractivity contribution < 1.29 is 79.2 Å². The Hall–Kier alpha value is -1.62. The smallest absolute Gasteiger partial charge is 0.217 e. The molecule has 15 atom stereocenters. The van der Waals surface area contributed by atoms with Crippen LogP contribution >= 0.6 is 0 Å². The Morgan fingerprint density at radius 1 is 0.600 bits per heavy atom. The molecule has 0 radical (unpaired) electrons. The number of carbonyl (C=O) groups is 2. The van der Waals surface area contributed by atoms with Crippen molar-refractivity contribution in [1.82, 2.24) is 10.6 Å². The summed E-state index contributed by atoms with van der Waals surface area (Å²) >= 11 is 0. The third kappa shape index (κ3) is 7.05. The van der Waals surface area contributed by atoms with Crippen molar-refractivity contribution >= 4 is 11.8 Å². The SMILES string of the molecule is CC(=O)N[C@H]1[C@H](O[C@@H]2[C@H](O)[C@@H](O)[C@H](O[C@H]3[C@@H](O)[C@@H](CO)OC(O)[C@@H]3NC(C)=O)O[C@@H]2CO)O[C@H](CO)[C@@H](O)[C@@H]1O. The molecule has 18 heteroatoms. The fourth-order valence-electron chi connectivity index (χ4n) is 4.86. The van der Waals surface area contributed by atoms with Gasteiger partial charge in [0.05, 0.1) is 19.8 Å². The first-order chi connectivity index (χ1) is 18.8. The van der Waals surface area contributed by atoms with Gasteiger partial charge in [0.25, 0.3) is 0 Å². The van der Waals surface area contributed by atoms with E-state index in [2.05, 4.69) is 10.6 Å². The van der Waals surface area contributed by atoms with Gasteiger partial charge in [-0.1, -0.05) is 0 Å². The van der Waals surface area contributed by atoms with E-state index in [-0.39, 0.29) is 0 Å². The van der Waals surface area contributed by atoms with Gasteiger partial charge in [-0.05, 0) is 0 Å². The molecule has 11 N–H and O–H groups in total. The lowest BCUT2D eigenvalue weighted by Gasteiger charge is -2.49. The molecule has 3 saturated heterocycles. The van der Waals surface area contributed by atoms with Gasteiger partial charge in [-0.15, -0.1) is 0 Å². The highest BCUT2D eigenvalue weighted by molar-refractivity contribution is 5.73. The second-order valence-corrected chi connectivity index (χ2v) is 9.81. The molecule has 0 aromatic heterocycles. The molecule has 232 valence electrons. The van der Waals surface area contributed by atoms with E-state index in [1.165, 1.54) is 0 Å². The van der Waals surface area contributed by atoms with Crippen LogP contribution in [0.15, 0.2) is 0 Å². The van der Waals surface area contributed by atoms with Gasteiger partial charge in [-0.25, -0.2) is 0 Å². The summed E-state index contributed by atoms with van der Waals surface area (Å²) in [5.41, 5.74) is 0. The Labute approximate surface area is 228 Å². The minimum absolute atomic E-state index is 0.641. The zero-order valence-corrected chi connectivity index (χ0v) is 21.7. The van der Waals surface area contributed by atoms with E-state index in [4.69, 9.17) is 23.7 Å². The van der Waals surface area contributed by atoms with Crippen LogP contribution in [0.2, 0.25) is 0 Å². The number of aliphatic hydroxyl groups is 9. The number of carbonyl (C=O) groups excluding carboxylic acids is 2. The molecule has 2 amide bonds. The van der Waals surface area contributed by atoms with Gasteiger partial charge in [-0.2, -0.15) is 0 Å². The molecular weight excluding hydrogens is 548 g/mol. The van der Waals surface area contributed by atoms with E-state index in [0.29, 0.717) is 0 Å². The molecule has 3 rings (SSSR count). The molecule has 0 aliphatic carbocycles. The van der Waals surface area contributed by atoms with E-state index in [1.807, 2.05) is 0 Å². The third-order valence-electron chi connectivity index (χ3n) is 6.90. The molecule has 3 aliphatic rings. The number of hydrogen-bond acceptors (Lipinski definition) is 16. The van der Waals surface area contributed by atoms with Gasteiger partial charge in [0, 0.05) is 13.8 Å². The van der Waals surface area contributed by atoms with Crippen molar-refractivity contribution in [2.75, 3.05) is 19.8 Å². The molecule has 3 heterocycles. The molecular formula is C22H38N2O16. The number of ether oxygens (including phenoxy) is 5. The summed E-state index contributed by atoms with van der Waals surface area (Å²) in [7, 11) is 0. The molecule has 1 unspecified atom stereocenters. The van der Waals surface area contributed by atoms with Crippen molar-refractivity contribution in [3.8, 4) is 0 Å². The first kappa shape index (κ1) is 32.9. The van der Waals surface area contributed by atoms with Crippen molar-refractivity contribution in [2.24, 2.45) is 0 Å². The lowest BCUT2D eigenvalue weighted by Crippen LogP contribution is -2.69. The normalized spacial score (nSPS) is 46.0. The van der Waals surface area contributed by atoms with E-state index < -0.39 is 124 Å². The second-order valence-electron chi connectivity index (χ2n) is 9.81. The van der Waals surface area contributed by atoms with E-state index in [0.717, 1.165) is 13.8 Å². The lowest BCUT2D eigenvalue weighted by molar-refractivity contribution is -0.364. The third-order valence-corrected chi connectivity index (χ3v) is 6.90. The first-order valence-corrected chi connectivity index (χ1v) is 12.6. The number of amides is 2. The maximum Gasteiger partial charge on any atom is 0.217 e. The van der Waals surface area contributed by atoms with Crippen LogP contribution in [0.3, 0.4) is 0 Å². The highest BCUT2D eigenvalue weighted by atomic mass is 16.7. The maximum atomic E-state index is 11.7. The zero-order valence-electron chi connectivity index (χ0n) is 21.7. The van der Waals surface area contributed by atoms with Gasteiger partial charge >= 0.3 is 0 Å². The molecule has 0 aromatic rings. The van der Waals surface area contributed by atoms with Crippen molar-refractivity contribution in [2.45, 2.75) is 106 Å². The standard InChI is InChI=1S/C22H38N2O16/c1-6(28)23-11-15(32)13(30)8(3-25)37-21(11)39-18-10(5-27)38-22(17(34)16(18)33)40-19-12(24-7(2)29)20(35)36-9(4-26)14(19)31/h8-22,25-27,30-35H,3-5H2,1-2H3,(H,23,28)(H,24,29)/t8-,9-,10-,11-,12-,13-,14+,15-,16-,17-,18+,19-,20?,21+,22+/m1/s1. The monoisotopic (exact) mass is 586 g/mol. The number of rotatable bonds is 9. The fraction of sp³-hybridized carbons (Fsp3) is 0.909. The average Bonchev–Trinajstić information content (AvgIpc) is 2.90. The van der Waals surface area contributed by atoms with Crippen LogP contribution in [-0.4, -0.2) is 170 Å². The van der Waals surface area contributed by atoms with E-state index in [9.17, 15) is 55.5 Å². The Morgan fingerprint density at radius 2 is 1.10 bits per heavy atom. The van der Waals surface area contributed by atoms with Crippen molar-refractivity contribution in [3.63, 3.8) is 0 Å². The van der Waals surface area contributed by atoms with Gasteiger partial charge < -0.3 is 80.3 Å². The van der Waals surface area contributed by atoms with Crippen LogP contribution in [0.4, 0.5) is 0 Å². The minimum Gasteiger partial charge on any atom is -0.394 e. The van der Waals surface area contributed by atoms with Gasteiger partial charge in [-0.3, -0.25) is 9.59 Å². The Balaban J connectivity index is 1.81. The predicted octanol–water partition coefficient (Wildman–Crippen LogP) is -7.29. The van der Waals surface area contributed by atoms with E-state index >= 15 is 0 Å². The van der Waals surface area contributed by atoms with Gasteiger partial charge in [0.2, 0.25) is 11.8 Å². The number of hydrogen-bond donors (Lipinski definition) is 11. The van der Waals surface area contributed by atoms with Crippen LogP contribution in [0.1, 0.15) is 13.8 Å². The predicted molar refractivity (Wildman–Crippen MR) is 124 cm³/mol. The molecule has 40 heavy (non-hydrogen) atoms. The average molecular weight is 587 g/mol. The largest absolute Gasteiger partial charge is 0.394 e. The summed E-state index contributed by atoms with van der Waals surface area (Å²) in [6.45, 7) is -0.101. The highest BCUT2D eigenvalue weighted by Crippen LogP contribution is 2.32. The Morgan fingerprint density at radius 3 is 1.65 bits per heavy atom. The summed E-state index contributed by atoms with van der Waals surface area (Å²) < 4.78 is 27.5. The summed E-state index contributed by atoms with van der Waals surface area (Å²) in [6.07, 6.45) is -21.2. The summed E-state index contributed by atoms with van der Waals surface area (Å²) in [5.74, 6) is -1.28. The van der Waals surface area contributed by atoms with Crippen LogP contribution < -0.4 is 10.6 Å². The summed E-state index contributed by atoms with van der Waals surface area (Å²) in [5, 5.41) is 96.9. The summed E-state index contributed by atoms with van der Waals surface area (Å²) in [4.78, 5) is 23.3. The fourth-order valence-corrected chi connectivity index (χ4v) is 4.86. The first-order valence-electron chi connectivity index (χ1n) is 12.6. The quantitative estimate of drug-likeness (QED) is 0.120.